The number of hydrogen-bond acceptors (Lipinski definition) is 5. The minimum atomic E-state index is 0.799. The van der Waals surface area contributed by atoms with Crippen LogP contribution in [-0.2, 0) is 0 Å². The Morgan fingerprint density at radius 3 is 2.20 bits per heavy atom. The van der Waals surface area contributed by atoms with Gasteiger partial charge in [0.15, 0.2) is 0 Å². The molecule has 7 heteroatoms. The monoisotopic (exact) mass is 675 g/mol. The normalized spacial score (nSPS) is 12.0. The highest BCUT2D eigenvalue weighted by molar-refractivity contribution is 7.22. The van der Waals surface area contributed by atoms with Gasteiger partial charge in [-0.05, 0) is 90.3 Å². The highest BCUT2D eigenvalue weighted by atomic mass is 32.1. The number of nitrogens with zero attached hydrogens (tertiary/aromatic N) is 4. The van der Waals surface area contributed by atoms with E-state index in [1.807, 2.05) is 24.4 Å². The van der Waals surface area contributed by atoms with Crippen LogP contribution in [0, 0.1) is 0 Å². The zero-order valence-electron chi connectivity index (χ0n) is 26.5. The van der Waals surface area contributed by atoms with Crippen LogP contribution < -0.4 is 0 Å². The molecule has 50 heavy (non-hydrogen) atoms. The first-order valence-corrected chi connectivity index (χ1v) is 18.2. The lowest BCUT2D eigenvalue weighted by Gasteiger charge is -2.13. The van der Waals surface area contributed by atoms with E-state index >= 15 is 0 Å². The van der Waals surface area contributed by atoms with E-state index in [2.05, 4.69) is 130 Å². The molecule has 0 atom stereocenters. The summed E-state index contributed by atoms with van der Waals surface area (Å²) < 4.78 is 4.90. The largest absolute Gasteiger partial charge is 0.354 e. The van der Waals surface area contributed by atoms with Crippen molar-refractivity contribution in [3.05, 3.63) is 145 Å². The fourth-order valence-electron chi connectivity index (χ4n) is 7.51. The Morgan fingerprint density at radius 2 is 1.28 bits per heavy atom. The van der Waals surface area contributed by atoms with Gasteiger partial charge in [-0.2, -0.15) is 0 Å². The maximum Gasteiger partial charge on any atom is 0.0915 e. The second-order valence-corrected chi connectivity index (χ2v) is 14.6. The fourth-order valence-corrected chi connectivity index (χ4v) is 9.35. The molecule has 5 nitrogen and oxygen atoms in total. The minimum Gasteiger partial charge on any atom is -0.354 e. The molecule has 11 rings (SSSR count). The van der Waals surface area contributed by atoms with Crippen molar-refractivity contribution >= 4 is 86.5 Å². The zero-order chi connectivity index (χ0) is 32.8. The molecule has 0 bridgehead atoms. The van der Waals surface area contributed by atoms with Gasteiger partial charge in [-0.3, -0.25) is 4.98 Å². The van der Waals surface area contributed by atoms with Crippen molar-refractivity contribution in [3.8, 4) is 39.0 Å². The van der Waals surface area contributed by atoms with Crippen LogP contribution in [0.15, 0.2) is 145 Å². The second-order valence-electron chi connectivity index (χ2n) is 12.5. The molecule has 0 spiro atoms. The number of nitrogens with one attached hydrogen (secondary N) is 1. The molecule has 0 fully saturated rings. The number of H-pyrrole nitrogens is 1. The predicted octanol–water partition coefficient (Wildman–Crippen LogP) is 12.0. The molecule has 1 N–H and O–H groups in total. The average molecular weight is 676 g/mol. The number of aromatic amines is 1. The van der Waals surface area contributed by atoms with Gasteiger partial charge in [0, 0.05) is 58.9 Å². The number of hydrogen-bond donors (Lipinski definition) is 1. The van der Waals surface area contributed by atoms with Gasteiger partial charge in [0.05, 0.1) is 50.1 Å². The lowest BCUT2D eigenvalue weighted by atomic mass is 10.1. The Labute approximate surface area is 293 Å². The number of benzene rings is 4. The summed E-state index contributed by atoms with van der Waals surface area (Å²) >= 11 is 3.56. The third-order valence-corrected chi connectivity index (χ3v) is 11.7. The van der Waals surface area contributed by atoms with Gasteiger partial charge in [-0.25, -0.2) is 9.97 Å². The predicted molar refractivity (Wildman–Crippen MR) is 211 cm³/mol. The molecule has 0 aliphatic carbocycles. The van der Waals surface area contributed by atoms with Crippen molar-refractivity contribution in [1.82, 2.24) is 24.5 Å². The van der Waals surface area contributed by atoms with E-state index in [0.29, 0.717) is 0 Å². The molecule has 0 aliphatic rings. The first kappa shape index (κ1) is 27.8. The molecule has 0 amide bonds. The lowest BCUT2D eigenvalue weighted by molar-refractivity contribution is 1.14. The molecule has 234 valence electrons. The van der Waals surface area contributed by atoms with E-state index in [9.17, 15) is 0 Å². The molecule has 11 aromatic rings. The fraction of sp³-hybridized carbons (Fsp3) is 0. The van der Waals surface area contributed by atoms with Gasteiger partial charge < -0.3 is 9.55 Å². The molecule has 0 saturated heterocycles. The summed E-state index contributed by atoms with van der Waals surface area (Å²) in [4.78, 5) is 19.9. The summed E-state index contributed by atoms with van der Waals surface area (Å²) in [7, 11) is 0. The summed E-state index contributed by atoms with van der Waals surface area (Å²) in [5.41, 5.74) is 9.81. The molecule has 0 unspecified atom stereocenters. The molecule has 4 aromatic carbocycles. The zero-order valence-corrected chi connectivity index (χ0v) is 28.1. The SMILES string of the molecule is c1ccc(-c2cc(-n3c4ccccc4c4c5ccsc5ccc43)cc(-c3cccc(-c4cc5c(ccc6[nH]c7ccccc7c65)s4)n3)n2)nc1. The third-order valence-electron chi connectivity index (χ3n) is 9.69. The van der Waals surface area contributed by atoms with Crippen LogP contribution in [0.4, 0.5) is 0 Å². The molecule has 0 aliphatic heterocycles. The van der Waals surface area contributed by atoms with Gasteiger partial charge in [0.1, 0.15) is 0 Å². The Bertz CT molecular complexity index is 3110. The number of pyridine rings is 3. The summed E-state index contributed by atoms with van der Waals surface area (Å²) in [6.07, 6.45) is 1.82. The van der Waals surface area contributed by atoms with Crippen LogP contribution in [0.5, 0.6) is 0 Å². The van der Waals surface area contributed by atoms with Crippen LogP contribution in [0.25, 0.3) is 103 Å². The molecule has 7 aromatic heterocycles. The Balaban J connectivity index is 1.12. The van der Waals surface area contributed by atoms with Crippen molar-refractivity contribution in [2.45, 2.75) is 0 Å². The highest BCUT2D eigenvalue weighted by Gasteiger charge is 2.19. The van der Waals surface area contributed by atoms with E-state index in [4.69, 9.17) is 15.0 Å². The first-order chi connectivity index (χ1) is 24.8. The minimum absolute atomic E-state index is 0.799. The summed E-state index contributed by atoms with van der Waals surface area (Å²) in [6, 6.07) is 47.2. The Morgan fingerprint density at radius 1 is 0.500 bits per heavy atom. The maximum absolute atomic E-state index is 5.27. The van der Waals surface area contributed by atoms with E-state index in [-0.39, 0.29) is 0 Å². The van der Waals surface area contributed by atoms with Gasteiger partial charge in [-0.1, -0.05) is 48.5 Å². The molecular weight excluding hydrogens is 651 g/mol. The first-order valence-electron chi connectivity index (χ1n) is 16.5. The average Bonchev–Trinajstić information content (AvgIpc) is 3.97. The van der Waals surface area contributed by atoms with Gasteiger partial charge in [0.25, 0.3) is 0 Å². The lowest BCUT2D eigenvalue weighted by Crippen LogP contribution is -1.99. The number of para-hydroxylation sites is 2. The van der Waals surface area contributed by atoms with Crippen LogP contribution in [-0.4, -0.2) is 24.5 Å². The molecular formula is C43H25N5S2. The topological polar surface area (TPSA) is 59.4 Å². The smallest absolute Gasteiger partial charge is 0.0915 e. The molecule has 0 radical (unpaired) electrons. The van der Waals surface area contributed by atoms with Crippen LogP contribution in [0.2, 0.25) is 0 Å². The van der Waals surface area contributed by atoms with Crippen molar-refractivity contribution in [3.63, 3.8) is 0 Å². The molecule has 7 heterocycles. The number of thiophene rings is 2. The number of rotatable bonds is 4. The van der Waals surface area contributed by atoms with E-state index in [0.717, 1.165) is 61.1 Å². The Hall–Kier alpha value is -6.15. The van der Waals surface area contributed by atoms with Gasteiger partial charge in [0.2, 0.25) is 0 Å². The van der Waals surface area contributed by atoms with Crippen molar-refractivity contribution in [1.29, 1.82) is 0 Å². The van der Waals surface area contributed by atoms with Crippen LogP contribution >= 0.6 is 22.7 Å². The van der Waals surface area contributed by atoms with Crippen LogP contribution in [0.3, 0.4) is 0 Å². The quantitative estimate of drug-likeness (QED) is 0.202. The maximum atomic E-state index is 5.27. The summed E-state index contributed by atoms with van der Waals surface area (Å²) in [5.74, 6) is 0. The van der Waals surface area contributed by atoms with Crippen molar-refractivity contribution < 1.29 is 0 Å². The summed E-state index contributed by atoms with van der Waals surface area (Å²) in [6.45, 7) is 0. The van der Waals surface area contributed by atoms with Crippen LogP contribution in [0.1, 0.15) is 0 Å². The van der Waals surface area contributed by atoms with Gasteiger partial charge in [-0.15, -0.1) is 22.7 Å². The number of aromatic nitrogens is 5. The van der Waals surface area contributed by atoms with Crippen molar-refractivity contribution in [2.24, 2.45) is 0 Å². The standard InChI is InChI=1S/C43H25N5S2/c1-3-10-30-26(8-1)42-29-24-41(50-40(29)17-15-34(42)45-30)33-13-7-12-32(46-33)36-23-25(22-35(47-36)31-11-5-6-20-44-31)48-37-14-4-2-9-27(37)43-28-19-21-49-39(28)18-16-38(43)48/h1-24,45H. The van der Waals surface area contributed by atoms with E-state index in [1.165, 1.54) is 41.7 Å². The van der Waals surface area contributed by atoms with Gasteiger partial charge >= 0.3 is 0 Å². The number of fused-ring (bicyclic) bond motifs is 10. The van der Waals surface area contributed by atoms with E-state index in [1.54, 1.807) is 22.7 Å². The summed E-state index contributed by atoms with van der Waals surface area (Å²) in [5, 5.41) is 9.71. The Kier molecular flexibility index (Phi) is 5.93. The van der Waals surface area contributed by atoms with Crippen molar-refractivity contribution in [2.75, 3.05) is 0 Å². The molecule has 0 saturated carbocycles. The second kappa shape index (κ2) is 10.7. The van der Waals surface area contributed by atoms with E-state index < -0.39 is 0 Å². The third kappa shape index (κ3) is 4.14. The highest BCUT2D eigenvalue weighted by Crippen LogP contribution is 2.41.